The number of nitrogens with one attached hydrogen (secondary N) is 1. The van der Waals surface area contributed by atoms with Crippen LogP contribution in [0.4, 0.5) is 0 Å². The zero-order valence-electron chi connectivity index (χ0n) is 56.5. The Hall–Kier alpha value is -1.66. The molecule has 2 unspecified atom stereocenters. The molecule has 0 aromatic heterocycles. The molecule has 0 aliphatic carbocycles. The summed E-state index contributed by atoms with van der Waals surface area (Å²) in [5.41, 5.74) is 0. The van der Waals surface area contributed by atoms with Crippen molar-refractivity contribution in [1.29, 1.82) is 0 Å². The van der Waals surface area contributed by atoms with Crippen LogP contribution in [0.25, 0.3) is 0 Å². The number of unbranched alkanes of at least 4 members (excludes halogenated alkanes) is 59. The van der Waals surface area contributed by atoms with Gasteiger partial charge in [0.15, 0.2) is 0 Å². The van der Waals surface area contributed by atoms with E-state index in [-0.39, 0.29) is 18.5 Å². The van der Waals surface area contributed by atoms with Crippen LogP contribution in [0.5, 0.6) is 0 Å². The van der Waals surface area contributed by atoms with Gasteiger partial charge in [-0.05, 0) is 57.8 Å². The first-order valence-corrected chi connectivity index (χ1v) is 38.1. The van der Waals surface area contributed by atoms with Crippen LogP contribution in [0.2, 0.25) is 0 Å². The van der Waals surface area contributed by atoms with Gasteiger partial charge < -0.3 is 20.3 Å². The SMILES string of the molecule is CCCCCCCC/C=C\CCCCCCCCCCCC(=O)OCCCCCCCCCCCCCCCCCCCCCCCCCCCCCCCCC(=O)NC(CO)C(O)/C=C/CCCCCCCCCCCCCCCCC. The van der Waals surface area contributed by atoms with E-state index in [2.05, 4.69) is 31.3 Å². The van der Waals surface area contributed by atoms with E-state index in [0.717, 1.165) is 38.5 Å². The molecule has 0 aromatic rings. The molecule has 6 nitrogen and oxygen atoms in total. The van der Waals surface area contributed by atoms with Crippen LogP contribution in [0.1, 0.15) is 431 Å². The summed E-state index contributed by atoms with van der Waals surface area (Å²) in [6, 6.07) is -0.625. The van der Waals surface area contributed by atoms with Crippen LogP contribution in [0.3, 0.4) is 0 Å². The van der Waals surface area contributed by atoms with Crippen molar-refractivity contribution in [1.82, 2.24) is 5.32 Å². The second-order valence-electron chi connectivity index (χ2n) is 26.3. The van der Waals surface area contributed by atoms with Crippen LogP contribution in [0, 0.1) is 0 Å². The number of rotatable bonds is 72. The van der Waals surface area contributed by atoms with Gasteiger partial charge in [-0.2, -0.15) is 0 Å². The maximum Gasteiger partial charge on any atom is 0.305 e. The third-order valence-electron chi connectivity index (χ3n) is 18.0. The Morgan fingerprint density at radius 1 is 0.325 bits per heavy atom. The van der Waals surface area contributed by atoms with Gasteiger partial charge in [0, 0.05) is 12.8 Å². The summed E-state index contributed by atoms with van der Waals surface area (Å²) in [6.45, 7) is 4.95. The summed E-state index contributed by atoms with van der Waals surface area (Å²) in [6.07, 6.45) is 92.8. The number of carbonyl (C=O) groups is 2. The molecule has 0 heterocycles. The molecule has 492 valence electrons. The fraction of sp³-hybridized carbons (Fsp3) is 0.922. The molecule has 3 N–H and O–H groups in total. The Kier molecular flexibility index (Phi) is 71.4. The lowest BCUT2D eigenvalue weighted by molar-refractivity contribution is -0.143. The highest BCUT2D eigenvalue weighted by Gasteiger charge is 2.18. The molecule has 6 heteroatoms. The molecule has 0 saturated heterocycles. The van der Waals surface area contributed by atoms with Gasteiger partial charge in [0.1, 0.15) is 0 Å². The van der Waals surface area contributed by atoms with Crippen molar-refractivity contribution in [3.63, 3.8) is 0 Å². The molecule has 0 aromatic carbocycles. The molecule has 0 radical (unpaired) electrons. The average molecular weight is 1170 g/mol. The van der Waals surface area contributed by atoms with Crippen molar-refractivity contribution in [2.24, 2.45) is 0 Å². The minimum absolute atomic E-state index is 0.0203. The topological polar surface area (TPSA) is 95.9 Å². The van der Waals surface area contributed by atoms with Crippen molar-refractivity contribution < 1.29 is 24.5 Å². The summed E-state index contributed by atoms with van der Waals surface area (Å²) < 4.78 is 5.52. The molecular formula is C77H149NO5. The molecule has 0 bridgehead atoms. The lowest BCUT2D eigenvalue weighted by Crippen LogP contribution is -2.45. The van der Waals surface area contributed by atoms with E-state index in [0.29, 0.717) is 19.4 Å². The van der Waals surface area contributed by atoms with Gasteiger partial charge in [-0.1, -0.05) is 385 Å². The summed E-state index contributed by atoms with van der Waals surface area (Å²) in [5.74, 6) is -0.0402. The zero-order chi connectivity index (χ0) is 59.9. The van der Waals surface area contributed by atoms with Gasteiger partial charge in [0.25, 0.3) is 0 Å². The Morgan fingerprint density at radius 3 is 0.855 bits per heavy atom. The summed E-state index contributed by atoms with van der Waals surface area (Å²) in [4.78, 5) is 24.6. The van der Waals surface area contributed by atoms with Crippen LogP contribution in [-0.2, 0) is 14.3 Å². The number of amides is 1. The first kappa shape index (κ1) is 81.3. The Bertz CT molecular complexity index is 1300. The monoisotopic (exact) mass is 1170 g/mol. The molecule has 83 heavy (non-hydrogen) atoms. The van der Waals surface area contributed by atoms with Gasteiger partial charge in [0.05, 0.1) is 25.4 Å². The van der Waals surface area contributed by atoms with Gasteiger partial charge in [-0.3, -0.25) is 9.59 Å². The number of aliphatic hydroxyl groups excluding tert-OH is 2. The number of esters is 1. The average Bonchev–Trinajstić information content (AvgIpc) is 3.49. The van der Waals surface area contributed by atoms with Crippen molar-refractivity contribution in [3.8, 4) is 0 Å². The van der Waals surface area contributed by atoms with E-state index in [1.54, 1.807) is 6.08 Å². The number of ether oxygens (including phenoxy) is 1. The number of hydrogen-bond donors (Lipinski definition) is 3. The Balaban J connectivity index is 3.33. The lowest BCUT2D eigenvalue weighted by atomic mass is 10.0. The van der Waals surface area contributed by atoms with E-state index in [1.807, 2.05) is 6.08 Å². The molecule has 0 aliphatic heterocycles. The summed E-state index contributed by atoms with van der Waals surface area (Å²) in [5, 5.41) is 23.2. The van der Waals surface area contributed by atoms with Crippen LogP contribution >= 0.6 is 0 Å². The smallest absolute Gasteiger partial charge is 0.305 e. The molecule has 0 fully saturated rings. The maximum absolute atomic E-state index is 12.5. The van der Waals surface area contributed by atoms with E-state index in [1.165, 1.54) is 366 Å². The molecule has 0 rings (SSSR count). The number of hydrogen-bond acceptors (Lipinski definition) is 5. The predicted molar refractivity (Wildman–Crippen MR) is 366 cm³/mol. The predicted octanol–water partition coefficient (Wildman–Crippen LogP) is 24.9. The molecule has 0 spiro atoms. The maximum atomic E-state index is 12.5. The molecule has 0 aliphatic rings. The molecule has 0 saturated carbocycles. The zero-order valence-corrected chi connectivity index (χ0v) is 56.5. The number of allylic oxidation sites excluding steroid dienone is 3. The van der Waals surface area contributed by atoms with Crippen molar-refractivity contribution in [3.05, 3.63) is 24.3 Å². The van der Waals surface area contributed by atoms with E-state index in [9.17, 15) is 19.8 Å². The van der Waals surface area contributed by atoms with Crippen molar-refractivity contribution in [2.75, 3.05) is 13.2 Å². The summed E-state index contributed by atoms with van der Waals surface area (Å²) >= 11 is 0. The fourth-order valence-corrected chi connectivity index (χ4v) is 12.2. The standard InChI is InChI=1S/C77H149NO5/c1-3-5-7-9-11-13-15-17-19-21-34-39-43-47-51-55-59-63-67-71-77(82)83-72-68-64-60-56-52-48-44-40-36-33-31-29-27-25-23-22-24-26-28-30-32-35-38-42-46-50-54-58-62-66-70-76(81)78-74(73-79)75(80)69-65-61-57-53-49-45-41-37-20-18-16-14-12-10-8-6-4-2/h17,19,65,69,74-75,79-80H,3-16,18,20-64,66-68,70-73H2,1-2H3,(H,78,81)/b19-17-,69-65+. The van der Waals surface area contributed by atoms with E-state index in [4.69, 9.17) is 4.74 Å². The molecule has 1 amide bonds. The highest BCUT2D eigenvalue weighted by atomic mass is 16.5. The summed E-state index contributed by atoms with van der Waals surface area (Å²) in [7, 11) is 0. The minimum atomic E-state index is -0.842. The van der Waals surface area contributed by atoms with Gasteiger partial charge in [0.2, 0.25) is 5.91 Å². The first-order valence-electron chi connectivity index (χ1n) is 38.1. The first-order chi connectivity index (χ1) is 41.0. The number of aliphatic hydroxyl groups is 2. The quantitative estimate of drug-likeness (QED) is 0.0320. The van der Waals surface area contributed by atoms with Gasteiger partial charge in [-0.25, -0.2) is 0 Å². The molecule has 2 atom stereocenters. The third kappa shape index (κ3) is 69.3. The van der Waals surface area contributed by atoms with Gasteiger partial charge in [-0.15, -0.1) is 0 Å². The van der Waals surface area contributed by atoms with Crippen LogP contribution in [-0.4, -0.2) is 47.4 Å². The molecular weight excluding hydrogens is 1020 g/mol. The lowest BCUT2D eigenvalue weighted by Gasteiger charge is -2.20. The van der Waals surface area contributed by atoms with Crippen molar-refractivity contribution in [2.45, 2.75) is 443 Å². The highest BCUT2D eigenvalue weighted by molar-refractivity contribution is 5.76. The van der Waals surface area contributed by atoms with Crippen LogP contribution in [0.15, 0.2) is 24.3 Å². The highest BCUT2D eigenvalue weighted by Crippen LogP contribution is 2.19. The van der Waals surface area contributed by atoms with Crippen molar-refractivity contribution >= 4 is 11.9 Å². The fourth-order valence-electron chi connectivity index (χ4n) is 12.2. The minimum Gasteiger partial charge on any atom is -0.466 e. The second-order valence-corrected chi connectivity index (χ2v) is 26.3. The van der Waals surface area contributed by atoms with Crippen LogP contribution < -0.4 is 5.32 Å². The van der Waals surface area contributed by atoms with E-state index >= 15 is 0 Å². The Morgan fingerprint density at radius 2 is 0.566 bits per heavy atom. The van der Waals surface area contributed by atoms with Gasteiger partial charge >= 0.3 is 5.97 Å². The largest absolute Gasteiger partial charge is 0.466 e. The number of carbonyl (C=O) groups excluding carboxylic acids is 2. The Labute approximate surface area is 520 Å². The normalized spacial score (nSPS) is 12.6. The third-order valence-corrected chi connectivity index (χ3v) is 18.0. The second kappa shape index (κ2) is 72.8. The van der Waals surface area contributed by atoms with E-state index < -0.39 is 12.1 Å².